The van der Waals surface area contributed by atoms with E-state index in [-0.39, 0.29) is 11.9 Å². The smallest absolute Gasteiger partial charge is 0.310 e. The van der Waals surface area contributed by atoms with Crippen LogP contribution in [0.2, 0.25) is 0 Å². The molecule has 1 aliphatic heterocycles. The summed E-state index contributed by atoms with van der Waals surface area (Å²) in [6.45, 7) is 4.59. The van der Waals surface area contributed by atoms with Crippen molar-refractivity contribution in [1.82, 2.24) is 10.2 Å². The van der Waals surface area contributed by atoms with E-state index in [2.05, 4.69) is 5.32 Å². The van der Waals surface area contributed by atoms with Gasteiger partial charge < -0.3 is 4.90 Å². The van der Waals surface area contributed by atoms with Crippen molar-refractivity contribution >= 4 is 23.7 Å². The van der Waals surface area contributed by atoms with Gasteiger partial charge in [0.2, 0.25) is 0 Å². The van der Waals surface area contributed by atoms with Gasteiger partial charge in [-0.25, -0.2) is 4.79 Å². The molecule has 3 amide bonds. The Morgan fingerprint density at radius 3 is 2.44 bits per heavy atom. The van der Waals surface area contributed by atoms with Gasteiger partial charge in [-0.05, 0) is 31.3 Å². The second kappa shape index (κ2) is 5.57. The van der Waals surface area contributed by atoms with Crippen molar-refractivity contribution in [2.75, 3.05) is 18.6 Å². The van der Waals surface area contributed by atoms with Crippen LogP contribution in [0.1, 0.15) is 33.1 Å². The first kappa shape index (κ1) is 13.4. The molecule has 4 nitrogen and oxygen atoms in total. The van der Waals surface area contributed by atoms with Gasteiger partial charge in [-0.3, -0.25) is 10.1 Å². The summed E-state index contributed by atoms with van der Waals surface area (Å²) in [6, 6.07) is -0.227. The quantitative estimate of drug-likeness (QED) is 0.573. The van der Waals surface area contributed by atoms with E-state index >= 15 is 0 Å². The third kappa shape index (κ3) is 2.19. The molecule has 1 rings (SSSR count). The highest BCUT2D eigenvalue weighted by atomic mass is 32.2. The molecule has 1 N–H and O–H groups in total. The summed E-state index contributed by atoms with van der Waals surface area (Å²) < 4.78 is 0. The van der Waals surface area contributed by atoms with Gasteiger partial charge in [0.05, 0.1) is 0 Å². The van der Waals surface area contributed by atoms with Crippen molar-refractivity contribution in [1.29, 1.82) is 0 Å². The molecule has 0 bridgehead atoms. The number of carbonyl (C=O) groups excluding carboxylic acids is 2. The maximum absolute atomic E-state index is 11.8. The van der Waals surface area contributed by atoms with E-state index < -0.39 is 5.54 Å². The number of nitrogens with zero attached hydrogens (tertiary/aromatic N) is 1. The lowest BCUT2D eigenvalue weighted by atomic mass is 9.91. The third-order valence-electron chi connectivity index (χ3n) is 3.30. The Kier molecular flexibility index (Phi) is 4.65. The monoisotopic (exact) mass is 244 g/mol. The molecule has 1 aliphatic rings. The minimum Gasteiger partial charge on any atom is -0.310 e. The summed E-state index contributed by atoms with van der Waals surface area (Å²) in [6.07, 6.45) is 4.34. The summed E-state index contributed by atoms with van der Waals surface area (Å²) in [5.41, 5.74) is -0.602. The lowest BCUT2D eigenvalue weighted by Gasteiger charge is -2.33. The molecule has 92 valence electrons. The number of rotatable bonds is 6. The SMILES string of the molecule is CCC1(CC)C(=O)NC(=O)N1CCCSC. The number of imide groups is 1. The van der Waals surface area contributed by atoms with Crippen molar-refractivity contribution < 1.29 is 9.59 Å². The molecule has 0 radical (unpaired) electrons. The molecule has 0 aromatic rings. The molecular formula is C11H20N2O2S. The van der Waals surface area contributed by atoms with Crippen LogP contribution in [0.25, 0.3) is 0 Å². The second-order valence-electron chi connectivity index (χ2n) is 4.00. The van der Waals surface area contributed by atoms with E-state index in [1.807, 2.05) is 20.1 Å². The largest absolute Gasteiger partial charge is 0.325 e. The van der Waals surface area contributed by atoms with E-state index in [1.54, 1.807) is 16.7 Å². The van der Waals surface area contributed by atoms with E-state index in [1.165, 1.54) is 0 Å². The molecule has 0 unspecified atom stereocenters. The minimum absolute atomic E-state index is 0.133. The molecule has 0 aliphatic carbocycles. The van der Waals surface area contributed by atoms with Crippen molar-refractivity contribution in [3.8, 4) is 0 Å². The first-order valence-corrected chi connectivity index (χ1v) is 7.13. The van der Waals surface area contributed by atoms with Crippen LogP contribution in [0.5, 0.6) is 0 Å². The number of amides is 3. The van der Waals surface area contributed by atoms with E-state index in [0.29, 0.717) is 19.4 Å². The first-order valence-electron chi connectivity index (χ1n) is 5.74. The molecule has 16 heavy (non-hydrogen) atoms. The summed E-state index contributed by atoms with van der Waals surface area (Å²) >= 11 is 1.76. The van der Waals surface area contributed by atoms with Crippen LogP contribution < -0.4 is 5.32 Å². The summed E-state index contributed by atoms with van der Waals surface area (Å²) in [7, 11) is 0. The Labute approximate surface area is 101 Å². The van der Waals surface area contributed by atoms with Crippen LogP contribution >= 0.6 is 11.8 Å². The highest BCUT2D eigenvalue weighted by Gasteiger charge is 2.49. The third-order valence-corrected chi connectivity index (χ3v) is 4.00. The molecule has 1 fully saturated rings. The predicted octanol–water partition coefficient (Wildman–Crippen LogP) is 1.85. The molecule has 0 spiro atoms. The minimum atomic E-state index is -0.602. The van der Waals surface area contributed by atoms with Gasteiger partial charge in [0.15, 0.2) is 0 Å². The molecular weight excluding hydrogens is 224 g/mol. The zero-order chi connectivity index (χ0) is 12.2. The lowest BCUT2D eigenvalue weighted by Crippen LogP contribution is -2.49. The number of nitrogens with one attached hydrogen (secondary N) is 1. The fourth-order valence-electron chi connectivity index (χ4n) is 2.23. The maximum atomic E-state index is 11.8. The van der Waals surface area contributed by atoms with Gasteiger partial charge >= 0.3 is 6.03 Å². The number of hydrogen-bond donors (Lipinski definition) is 1. The fraction of sp³-hybridized carbons (Fsp3) is 0.818. The molecule has 5 heteroatoms. The van der Waals surface area contributed by atoms with E-state index in [9.17, 15) is 9.59 Å². The highest BCUT2D eigenvalue weighted by Crippen LogP contribution is 2.29. The Hall–Kier alpha value is -0.710. The predicted molar refractivity (Wildman–Crippen MR) is 66.6 cm³/mol. The Morgan fingerprint density at radius 1 is 1.31 bits per heavy atom. The topological polar surface area (TPSA) is 49.4 Å². The normalized spacial score (nSPS) is 19.1. The van der Waals surface area contributed by atoms with Crippen LogP contribution in [-0.4, -0.2) is 40.9 Å². The standard InChI is InChI=1S/C11H20N2O2S/c1-4-11(5-2)9(14)12-10(15)13(11)7-6-8-16-3/h4-8H2,1-3H3,(H,12,14,15). The zero-order valence-corrected chi connectivity index (χ0v) is 11.0. The van der Waals surface area contributed by atoms with E-state index in [0.717, 1.165) is 12.2 Å². The van der Waals surface area contributed by atoms with E-state index in [4.69, 9.17) is 0 Å². The van der Waals surface area contributed by atoms with Crippen molar-refractivity contribution in [3.05, 3.63) is 0 Å². The molecule has 0 atom stereocenters. The van der Waals surface area contributed by atoms with Crippen molar-refractivity contribution in [3.63, 3.8) is 0 Å². The Balaban J connectivity index is 2.77. The summed E-state index contributed by atoms with van der Waals surface area (Å²) in [5.74, 6) is 0.883. The summed E-state index contributed by atoms with van der Waals surface area (Å²) in [4.78, 5) is 25.2. The average Bonchev–Trinajstić information content (AvgIpc) is 2.51. The van der Waals surface area contributed by atoms with Crippen LogP contribution in [0.4, 0.5) is 4.79 Å². The average molecular weight is 244 g/mol. The highest BCUT2D eigenvalue weighted by molar-refractivity contribution is 7.98. The molecule has 0 aromatic heterocycles. The zero-order valence-electron chi connectivity index (χ0n) is 10.2. The van der Waals surface area contributed by atoms with Gasteiger partial charge in [0, 0.05) is 6.54 Å². The number of thioether (sulfide) groups is 1. The lowest BCUT2D eigenvalue weighted by molar-refractivity contribution is -0.127. The van der Waals surface area contributed by atoms with Crippen molar-refractivity contribution in [2.45, 2.75) is 38.6 Å². The first-order chi connectivity index (χ1) is 7.62. The van der Waals surface area contributed by atoms with Crippen LogP contribution in [0.3, 0.4) is 0 Å². The van der Waals surface area contributed by atoms with Crippen molar-refractivity contribution in [2.24, 2.45) is 0 Å². The Bertz CT molecular complexity index is 277. The maximum Gasteiger partial charge on any atom is 0.325 e. The van der Waals surface area contributed by atoms with Gasteiger partial charge in [-0.2, -0.15) is 11.8 Å². The van der Waals surface area contributed by atoms with Crippen LogP contribution in [0, 0.1) is 0 Å². The van der Waals surface area contributed by atoms with Gasteiger partial charge in [-0.15, -0.1) is 0 Å². The van der Waals surface area contributed by atoms with Crippen LogP contribution in [0.15, 0.2) is 0 Å². The fourth-order valence-corrected chi connectivity index (χ4v) is 2.65. The Morgan fingerprint density at radius 2 is 1.94 bits per heavy atom. The molecule has 1 saturated heterocycles. The number of carbonyl (C=O) groups is 2. The number of hydrogen-bond acceptors (Lipinski definition) is 3. The van der Waals surface area contributed by atoms with Crippen LogP contribution in [-0.2, 0) is 4.79 Å². The molecule has 1 heterocycles. The molecule has 0 saturated carbocycles. The van der Waals surface area contributed by atoms with Gasteiger partial charge in [0.25, 0.3) is 5.91 Å². The van der Waals surface area contributed by atoms with Gasteiger partial charge in [0.1, 0.15) is 5.54 Å². The number of urea groups is 1. The molecule has 0 aromatic carbocycles. The van der Waals surface area contributed by atoms with Gasteiger partial charge in [-0.1, -0.05) is 13.8 Å². The summed E-state index contributed by atoms with van der Waals surface area (Å²) in [5, 5.41) is 2.43. The second-order valence-corrected chi connectivity index (χ2v) is 4.98.